The van der Waals surface area contributed by atoms with E-state index in [4.69, 9.17) is 28.0 Å². The van der Waals surface area contributed by atoms with Crippen molar-refractivity contribution < 1.29 is 55.3 Å². The highest BCUT2D eigenvalue weighted by Gasteiger charge is 2.44. The van der Waals surface area contributed by atoms with Crippen LogP contribution in [-0.2, 0) is 44.3 Å². The molecule has 2 heterocycles. The van der Waals surface area contributed by atoms with Crippen molar-refractivity contribution in [2.45, 2.75) is 95.7 Å². The van der Waals surface area contributed by atoms with E-state index in [0.29, 0.717) is 37.6 Å². The Bertz CT molecular complexity index is 1530. The maximum absolute atomic E-state index is 13.7. The summed E-state index contributed by atoms with van der Waals surface area (Å²) >= 11 is 0. The highest BCUT2D eigenvalue weighted by Crippen LogP contribution is 2.48. The molecule has 0 unspecified atom stereocenters. The Morgan fingerprint density at radius 2 is 1.67 bits per heavy atom. The number of ether oxygens (including phenoxy) is 4. The Morgan fingerprint density at radius 1 is 1.02 bits per heavy atom. The number of sulfonamides is 1. The van der Waals surface area contributed by atoms with Crippen LogP contribution in [-0.4, -0.2) is 94.3 Å². The molecule has 4 rings (SSSR count). The standard InChI is InChI=1S/C36H54FN2O11PS/c1-5-7-18-48-51(42,49-19-8-6-2)25-47-29-13-9-27(10-14-29)21-32(38-36(41)50-34-24-46-35-31(34)17-20-45-35)33(40)23-39(22-26(3)4)52(43,44)30-15-11-28(37)12-16-30/h9-16,26,31-35,40H,5-8,17-25H2,1-4H3,(H,38,41)/t31-,32-,33+,34-,35+/m0/s1. The summed E-state index contributed by atoms with van der Waals surface area (Å²) in [4.78, 5) is 13.1. The first kappa shape index (κ1) is 42.1. The molecule has 5 atom stereocenters. The molecule has 13 nitrogen and oxygen atoms in total. The number of nitrogens with zero attached hydrogens (tertiary/aromatic N) is 1. The zero-order valence-corrected chi connectivity index (χ0v) is 32.2. The summed E-state index contributed by atoms with van der Waals surface area (Å²) in [5.41, 5.74) is 0.684. The van der Waals surface area contributed by atoms with Crippen molar-refractivity contribution in [1.29, 1.82) is 0 Å². The van der Waals surface area contributed by atoms with Gasteiger partial charge in [-0.15, -0.1) is 0 Å². The molecule has 2 aromatic rings. The van der Waals surface area contributed by atoms with Gasteiger partial charge in [-0.3, -0.25) is 4.57 Å². The summed E-state index contributed by atoms with van der Waals surface area (Å²) in [5, 5.41) is 14.4. The van der Waals surface area contributed by atoms with E-state index in [0.717, 1.165) is 42.1 Å². The minimum Gasteiger partial charge on any atom is -0.481 e. The zero-order chi connectivity index (χ0) is 37.7. The third-order valence-corrected chi connectivity index (χ3v) is 12.2. The molecule has 0 saturated carbocycles. The van der Waals surface area contributed by atoms with Crippen molar-refractivity contribution in [1.82, 2.24) is 9.62 Å². The Morgan fingerprint density at radius 3 is 2.29 bits per heavy atom. The molecule has 16 heteroatoms. The van der Waals surface area contributed by atoms with E-state index < -0.39 is 54.1 Å². The fourth-order valence-corrected chi connectivity index (χ4v) is 8.83. The van der Waals surface area contributed by atoms with Gasteiger partial charge < -0.3 is 38.4 Å². The minimum absolute atomic E-state index is 0.0661. The van der Waals surface area contributed by atoms with Gasteiger partial charge in [-0.05, 0) is 73.6 Å². The fraction of sp³-hybridized carbons (Fsp3) is 0.639. The van der Waals surface area contributed by atoms with Gasteiger partial charge in [-0.2, -0.15) is 4.31 Å². The molecule has 2 saturated heterocycles. The summed E-state index contributed by atoms with van der Waals surface area (Å²) in [6.45, 7) is 8.67. The third kappa shape index (κ3) is 12.5. The molecular formula is C36H54FN2O11PS. The lowest BCUT2D eigenvalue weighted by atomic mass is 10.0. The van der Waals surface area contributed by atoms with E-state index in [1.807, 2.05) is 27.7 Å². The van der Waals surface area contributed by atoms with Crippen LogP contribution < -0.4 is 10.1 Å². The van der Waals surface area contributed by atoms with Crippen LogP contribution in [0, 0.1) is 17.7 Å². The van der Waals surface area contributed by atoms with Gasteiger partial charge in [0.2, 0.25) is 10.0 Å². The van der Waals surface area contributed by atoms with Crippen molar-refractivity contribution in [2.75, 3.05) is 45.9 Å². The number of carbonyl (C=O) groups excluding carboxylic acids is 1. The van der Waals surface area contributed by atoms with E-state index in [1.165, 1.54) is 12.1 Å². The molecule has 292 valence electrons. The zero-order valence-electron chi connectivity index (χ0n) is 30.5. The number of unbranched alkanes of at least 4 members (excludes halogenated alkanes) is 2. The van der Waals surface area contributed by atoms with Gasteiger partial charge in [-0.25, -0.2) is 17.6 Å². The number of fused-ring (bicyclic) bond motifs is 1. The first-order valence-corrected chi connectivity index (χ1v) is 21.2. The van der Waals surface area contributed by atoms with Crippen LogP contribution in [0.5, 0.6) is 5.75 Å². The predicted molar refractivity (Wildman–Crippen MR) is 192 cm³/mol. The molecule has 2 aromatic carbocycles. The van der Waals surface area contributed by atoms with Crippen LogP contribution in [0.3, 0.4) is 0 Å². The van der Waals surface area contributed by atoms with E-state index in [9.17, 15) is 27.3 Å². The fourth-order valence-electron chi connectivity index (χ4n) is 5.86. The average molecular weight is 773 g/mol. The molecule has 52 heavy (non-hydrogen) atoms. The van der Waals surface area contributed by atoms with Crippen LogP contribution in [0.25, 0.3) is 0 Å². The van der Waals surface area contributed by atoms with Crippen LogP contribution in [0.4, 0.5) is 9.18 Å². The molecule has 0 radical (unpaired) electrons. The quantitative estimate of drug-likeness (QED) is 0.105. The molecular weight excluding hydrogens is 718 g/mol. The van der Waals surface area contributed by atoms with Gasteiger partial charge in [-0.1, -0.05) is 52.7 Å². The summed E-state index contributed by atoms with van der Waals surface area (Å²) in [7, 11) is -7.63. The average Bonchev–Trinajstić information content (AvgIpc) is 3.73. The van der Waals surface area contributed by atoms with Crippen molar-refractivity contribution in [3.63, 3.8) is 0 Å². The van der Waals surface area contributed by atoms with Crippen LogP contribution in [0.1, 0.15) is 65.4 Å². The number of rotatable bonds is 22. The Kier molecular flexibility index (Phi) is 16.3. The van der Waals surface area contributed by atoms with Gasteiger partial charge in [0, 0.05) is 13.1 Å². The first-order valence-electron chi connectivity index (χ1n) is 18.1. The summed E-state index contributed by atoms with van der Waals surface area (Å²) < 4.78 is 89.3. The normalized spacial score (nSPS) is 20.2. The highest BCUT2D eigenvalue weighted by molar-refractivity contribution is 7.89. The monoisotopic (exact) mass is 772 g/mol. The summed E-state index contributed by atoms with van der Waals surface area (Å²) in [6, 6.07) is 10.3. The third-order valence-electron chi connectivity index (χ3n) is 8.76. The second-order valence-corrected chi connectivity index (χ2v) is 17.5. The van der Waals surface area contributed by atoms with Crippen molar-refractivity contribution >= 4 is 23.7 Å². The van der Waals surface area contributed by atoms with Crippen molar-refractivity contribution in [3.05, 3.63) is 59.9 Å². The van der Waals surface area contributed by atoms with E-state index in [-0.39, 0.29) is 49.2 Å². The molecule has 2 aliphatic heterocycles. The molecule has 0 spiro atoms. The minimum atomic E-state index is -4.14. The van der Waals surface area contributed by atoms with Crippen LogP contribution in [0.15, 0.2) is 53.4 Å². The highest BCUT2D eigenvalue weighted by atomic mass is 32.2. The second-order valence-electron chi connectivity index (χ2n) is 13.6. The topological polar surface area (TPSA) is 159 Å². The second kappa shape index (κ2) is 20.2. The molecule has 0 aliphatic carbocycles. The maximum Gasteiger partial charge on any atom is 0.407 e. The first-order chi connectivity index (χ1) is 24.8. The van der Waals surface area contributed by atoms with Gasteiger partial charge in [0.15, 0.2) is 12.6 Å². The van der Waals surface area contributed by atoms with Crippen molar-refractivity contribution in [3.8, 4) is 5.75 Å². The predicted octanol–water partition coefficient (Wildman–Crippen LogP) is 6.10. The lowest BCUT2D eigenvalue weighted by Crippen LogP contribution is -2.51. The molecule has 2 N–H and O–H groups in total. The van der Waals surface area contributed by atoms with Gasteiger partial charge in [0.25, 0.3) is 0 Å². The number of benzene rings is 2. The largest absolute Gasteiger partial charge is 0.481 e. The van der Waals surface area contributed by atoms with E-state index in [1.54, 1.807) is 24.3 Å². The number of carbonyl (C=O) groups is 1. The number of amides is 1. The van der Waals surface area contributed by atoms with E-state index in [2.05, 4.69) is 5.32 Å². The van der Waals surface area contributed by atoms with Crippen LogP contribution in [0.2, 0.25) is 0 Å². The Hall–Kier alpha value is -2.62. The molecule has 2 aliphatic rings. The van der Waals surface area contributed by atoms with Crippen molar-refractivity contribution in [2.24, 2.45) is 11.8 Å². The SMILES string of the molecule is CCCCOP(=O)(COc1ccc(C[C@H](NC(=O)O[C@H]2CO[C@H]3OCC[C@H]32)[C@H](O)CN(CC(C)C)S(=O)(=O)c2ccc(F)cc2)cc1)OCCCC. The van der Waals surface area contributed by atoms with Gasteiger partial charge in [0.05, 0.1) is 49.4 Å². The Balaban J connectivity index is 1.49. The number of hydrogen-bond acceptors (Lipinski definition) is 11. The molecule has 1 amide bonds. The number of aliphatic hydroxyl groups is 1. The number of nitrogens with one attached hydrogen (secondary N) is 1. The number of hydrogen-bond donors (Lipinski definition) is 2. The molecule has 0 aromatic heterocycles. The molecule has 0 bridgehead atoms. The number of halogens is 1. The number of alkyl carbamates (subject to hydrolysis) is 1. The summed E-state index contributed by atoms with van der Waals surface area (Å²) in [5.74, 6) is -0.380. The molecule has 2 fully saturated rings. The van der Waals surface area contributed by atoms with Gasteiger partial charge >= 0.3 is 13.7 Å². The summed E-state index contributed by atoms with van der Waals surface area (Å²) in [6.07, 6.45) is 0.609. The lowest BCUT2D eigenvalue weighted by molar-refractivity contribution is -0.0907. The van der Waals surface area contributed by atoms with Gasteiger partial charge in [0.1, 0.15) is 17.7 Å². The number of aliphatic hydroxyl groups excluding tert-OH is 1. The van der Waals surface area contributed by atoms with Crippen LogP contribution >= 0.6 is 7.60 Å². The lowest BCUT2D eigenvalue weighted by Gasteiger charge is -2.31. The maximum atomic E-state index is 13.7. The smallest absolute Gasteiger partial charge is 0.407 e. The Labute approximate surface area is 307 Å². The van der Waals surface area contributed by atoms with E-state index >= 15 is 0 Å².